The van der Waals surface area contributed by atoms with E-state index in [4.69, 9.17) is 24.7 Å². The molecule has 2 aliphatic heterocycles. The lowest BCUT2D eigenvalue weighted by atomic mass is 10.3. The number of benzene rings is 1. The van der Waals surface area contributed by atoms with Crippen LogP contribution in [0.5, 0.6) is 0 Å². The average molecular weight is 520 g/mol. The number of aryl methyl sites for hydroxylation is 2. The Labute approximate surface area is 225 Å². The second kappa shape index (κ2) is 11.8. The van der Waals surface area contributed by atoms with Crippen molar-refractivity contribution >= 4 is 28.0 Å². The molecule has 0 aliphatic carbocycles. The van der Waals surface area contributed by atoms with Crippen molar-refractivity contribution in [1.29, 1.82) is 0 Å². The van der Waals surface area contributed by atoms with Crippen LogP contribution in [0.25, 0.3) is 28.1 Å². The third-order valence-electron chi connectivity index (χ3n) is 7.39. The van der Waals surface area contributed by atoms with Crippen LogP contribution >= 0.6 is 0 Å². The predicted molar refractivity (Wildman–Crippen MR) is 152 cm³/mol. The fourth-order valence-corrected chi connectivity index (χ4v) is 5.40. The number of imidazole rings is 2. The van der Waals surface area contributed by atoms with Gasteiger partial charge in [0.25, 0.3) is 0 Å². The highest BCUT2D eigenvalue weighted by atomic mass is 16.5. The molecule has 0 saturated carbocycles. The van der Waals surface area contributed by atoms with Gasteiger partial charge >= 0.3 is 0 Å². The molecule has 10 nitrogen and oxygen atoms in total. The maximum Gasteiger partial charge on any atom is 0.239 e. The molecule has 1 aromatic carbocycles. The van der Waals surface area contributed by atoms with Gasteiger partial charge in [-0.1, -0.05) is 32.9 Å². The molecule has 2 aliphatic rings. The molecule has 10 heteroatoms. The quantitative estimate of drug-likeness (QED) is 0.384. The highest BCUT2D eigenvalue weighted by Gasteiger charge is 2.25. The summed E-state index contributed by atoms with van der Waals surface area (Å²) in [7, 11) is 2.08. The summed E-state index contributed by atoms with van der Waals surface area (Å²) in [5.41, 5.74) is 3.68. The van der Waals surface area contributed by atoms with Crippen LogP contribution in [0.2, 0.25) is 0 Å². The smallest absolute Gasteiger partial charge is 0.239 e. The van der Waals surface area contributed by atoms with Crippen LogP contribution in [-0.4, -0.2) is 97.9 Å². The molecule has 0 radical (unpaired) electrons. The van der Waals surface area contributed by atoms with E-state index in [-0.39, 0.29) is 0 Å². The zero-order valence-corrected chi connectivity index (χ0v) is 23.5. The Morgan fingerprint density at radius 1 is 0.868 bits per heavy atom. The monoisotopic (exact) mass is 519 g/mol. The summed E-state index contributed by atoms with van der Waals surface area (Å²) in [5.74, 6) is 3.42. The average Bonchev–Trinajstić information content (AvgIpc) is 3.46. The van der Waals surface area contributed by atoms with Gasteiger partial charge in [-0.3, -0.25) is 9.47 Å². The largest absolute Gasteiger partial charge is 0.378 e. The van der Waals surface area contributed by atoms with Gasteiger partial charge in [0.05, 0.1) is 30.8 Å². The summed E-state index contributed by atoms with van der Waals surface area (Å²) in [6.07, 6.45) is 1.21. The van der Waals surface area contributed by atoms with Crippen LogP contribution in [0.1, 0.15) is 38.8 Å². The van der Waals surface area contributed by atoms with Crippen molar-refractivity contribution in [3.63, 3.8) is 0 Å². The Kier molecular flexibility index (Phi) is 8.21. The van der Waals surface area contributed by atoms with Crippen LogP contribution in [-0.2, 0) is 18.3 Å². The number of piperazine rings is 1. The van der Waals surface area contributed by atoms with Gasteiger partial charge < -0.3 is 19.1 Å². The Balaban J connectivity index is 0.00000144. The first-order chi connectivity index (χ1) is 18.6. The summed E-state index contributed by atoms with van der Waals surface area (Å²) < 4.78 is 9.84. The van der Waals surface area contributed by atoms with Crippen molar-refractivity contribution in [3.8, 4) is 5.95 Å². The standard InChI is InChI=1S/C26H35N9O.C2H6/c1-4-9-32-10-12-33(13-11-32)18-22-28-23-24(31(22)3)29-26(30-25(23)34-14-16-36-17-15-34)35-19(2)27-20-7-5-6-8-21(20)35;1-2/h5-8H,4,9-18H2,1-3H3;1-2H3. The number of fused-ring (bicyclic) bond motifs is 2. The molecule has 0 amide bonds. The number of hydrogen-bond acceptors (Lipinski definition) is 8. The lowest BCUT2D eigenvalue weighted by Crippen LogP contribution is -2.46. The third kappa shape index (κ3) is 5.12. The molecule has 0 unspecified atom stereocenters. The minimum absolute atomic E-state index is 0.637. The molecule has 4 aromatic rings. The maximum absolute atomic E-state index is 5.63. The van der Waals surface area contributed by atoms with Crippen LogP contribution in [0.15, 0.2) is 24.3 Å². The number of hydrogen-bond donors (Lipinski definition) is 0. The van der Waals surface area contributed by atoms with Crippen LogP contribution in [0, 0.1) is 6.92 Å². The van der Waals surface area contributed by atoms with Gasteiger partial charge in [-0.2, -0.15) is 9.97 Å². The number of ether oxygens (including phenoxy) is 1. The van der Waals surface area contributed by atoms with Crippen molar-refractivity contribution in [1.82, 2.24) is 38.9 Å². The summed E-state index contributed by atoms with van der Waals surface area (Å²) in [5, 5.41) is 0. The zero-order chi connectivity index (χ0) is 26.6. The van der Waals surface area contributed by atoms with Gasteiger partial charge in [0.15, 0.2) is 17.0 Å². The van der Waals surface area contributed by atoms with Gasteiger partial charge in [-0.15, -0.1) is 0 Å². The van der Waals surface area contributed by atoms with Gasteiger partial charge in [-0.25, -0.2) is 9.97 Å². The highest BCUT2D eigenvalue weighted by Crippen LogP contribution is 2.28. The summed E-state index contributed by atoms with van der Waals surface area (Å²) >= 11 is 0. The highest BCUT2D eigenvalue weighted by molar-refractivity contribution is 5.86. The summed E-state index contributed by atoms with van der Waals surface area (Å²) in [4.78, 5) is 27.4. The minimum atomic E-state index is 0.637. The van der Waals surface area contributed by atoms with Crippen LogP contribution in [0.3, 0.4) is 0 Å². The molecule has 0 spiro atoms. The van der Waals surface area contributed by atoms with E-state index in [1.54, 1.807) is 0 Å². The molecule has 3 aromatic heterocycles. The van der Waals surface area contributed by atoms with Crippen LogP contribution < -0.4 is 4.90 Å². The number of para-hydroxylation sites is 2. The molecule has 0 atom stereocenters. The molecule has 38 heavy (non-hydrogen) atoms. The zero-order valence-electron chi connectivity index (χ0n) is 23.5. The number of aromatic nitrogens is 6. The summed E-state index contributed by atoms with van der Waals surface area (Å²) in [6.45, 7) is 17.6. The minimum Gasteiger partial charge on any atom is -0.378 e. The molecule has 204 valence electrons. The van der Waals surface area contributed by atoms with Gasteiger partial charge in [0.1, 0.15) is 11.6 Å². The predicted octanol–water partition coefficient (Wildman–Crippen LogP) is 3.40. The van der Waals surface area contributed by atoms with E-state index in [0.717, 1.165) is 85.5 Å². The summed E-state index contributed by atoms with van der Waals surface area (Å²) in [6, 6.07) is 8.15. The van der Waals surface area contributed by atoms with Gasteiger partial charge in [-0.05, 0) is 32.0 Å². The van der Waals surface area contributed by atoms with Crippen molar-refractivity contribution in [2.45, 2.75) is 40.7 Å². The first kappa shape index (κ1) is 26.5. The van der Waals surface area contributed by atoms with Crippen LogP contribution in [0.4, 0.5) is 5.82 Å². The topological polar surface area (TPSA) is 80.4 Å². The SMILES string of the molecule is CC.CCCN1CCN(Cc2nc3c(N4CCOCC4)nc(-n4c(C)nc5ccccc54)nc3n2C)CC1. The molecular weight excluding hydrogens is 478 g/mol. The Hall–Kier alpha value is -3.08. The Bertz CT molecular complexity index is 1360. The Morgan fingerprint density at radius 2 is 1.58 bits per heavy atom. The van der Waals surface area contributed by atoms with E-state index in [1.165, 1.54) is 13.0 Å². The fraction of sp³-hybridized carbons (Fsp3) is 0.571. The molecule has 5 heterocycles. The fourth-order valence-electron chi connectivity index (χ4n) is 5.40. The lowest BCUT2D eigenvalue weighted by molar-refractivity contribution is 0.122. The van der Waals surface area contributed by atoms with Crippen molar-refractivity contribution in [2.24, 2.45) is 7.05 Å². The van der Waals surface area contributed by atoms with E-state index in [9.17, 15) is 0 Å². The van der Waals surface area contributed by atoms with Crippen molar-refractivity contribution in [3.05, 3.63) is 35.9 Å². The number of morpholine rings is 1. The van der Waals surface area contributed by atoms with Gasteiger partial charge in [0, 0.05) is 46.3 Å². The molecule has 0 N–H and O–H groups in total. The second-order valence-electron chi connectivity index (χ2n) is 9.81. The molecule has 2 saturated heterocycles. The van der Waals surface area contributed by atoms with Crippen molar-refractivity contribution < 1.29 is 4.74 Å². The molecule has 2 fully saturated rings. The van der Waals surface area contributed by atoms with Crippen molar-refractivity contribution in [2.75, 3.05) is 63.9 Å². The molecular formula is C28H41N9O. The number of rotatable bonds is 6. The van der Waals surface area contributed by atoms with E-state index in [0.29, 0.717) is 19.2 Å². The first-order valence-electron chi connectivity index (χ1n) is 14.1. The van der Waals surface area contributed by atoms with E-state index >= 15 is 0 Å². The van der Waals surface area contributed by atoms with E-state index < -0.39 is 0 Å². The van der Waals surface area contributed by atoms with E-state index in [1.807, 2.05) is 39.0 Å². The normalized spacial score (nSPS) is 17.2. The lowest BCUT2D eigenvalue weighted by Gasteiger charge is -2.34. The Morgan fingerprint density at radius 3 is 2.32 bits per heavy atom. The van der Waals surface area contributed by atoms with Gasteiger partial charge in [0.2, 0.25) is 5.95 Å². The third-order valence-corrected chi connectivity index (χ3v) is 7.39. The van der Waals surface area contributed by atoms with E-state index in [2.05, 4.69) is 43.9 Å². The second-order valence-corrected chi connectivity index (χ2v) is 9.81. The number of anilines is 1. The first-order valence-corrected chi connectivity index (χ1v) is 14.1. The molecule has 0 bridgehead atoms. The molecule has 6 rings (SSSR count). The maximum atomic E-state index is 5.63. The number of nitrogens with zero attached hydrogens (tertiary/aromatic N) is 9.